The number of rotatable bonds is 2. The van der Waals surface area contributed by atoms with Gasteiger partial charge in [0.15, 0.2) is 0 Å². The van der Waals surface area contributed by atoms with Crippen molar-refractivity contribution in [3.05, 3.63) is 18.3 Å². The molecule has 3 rings (SSSR count). The van der Waals surface area contributed by atoms with Gasteiger partial charge in [0, 0.05) is 25.4 Å². The highest BCUT2D eigenvalue weighted by Gasteiger charge is 2.15. The Kier molecular flexibility index (Phi) is 7.91. The third-order valence-electron chi connectivity index (χ3n) is 2.94. The lowest BCUT2D eigenvalue weighted by molar-refractivity contribution is 0.931. The van der Waals surface area contributed by atoms with Crippen molar-refractivity contribution in [2.45, 2.75) is 33.1 Å². The van der Waals surface area contributed by atoms with Crippen molar-refractivity contribution in [1.82, 2.24) is 20.2 Å². The minimum absolute atomic E-state index is 0.305. The van der Waals surface area contributed by atoms with Crippen LogP contribution in [0.15, 0.2) is 18.3 Å². The predicted octanol–water partition coefficient (Wildman–Crippen LogP) is 2.04. The molecule has 0 spiro atoms. The van der Waals surface area contributed by atoms with E-state index >= 15 is 0 Å². The van der Waals surface area contributed by atoms with Gasteiger partial charge < -0.3 is 16.4 Å². The molecule has 0 aromatic carbocycles. The molecule has 7 heteroatoms. The first kappa shape index (κ1) is 17.9. The maximum Gasteiger partial charge on any atom is 0.222 e. The topological polar surface area (TPSA) is 110 Å². The second-order valence-corrected chi connectivity index (χ2v) is 4.84. The van der Waals surface area contributed by atoms with Crippen molar-refractivity contribution in [3.63, 3.8) is 0 Å². The van der Waals surface area contributed by atoms with Crippen LogP contribution in [0, 0.1) is 0 Å². The van der Waals surface area contributed by atoms with E-state index in [9.17, 15) is 0 Å². The number of anilines is 2. The zero-order chi connectivity index (χ0) is 16.4. The summed E-state index contributed by atoms with van der Waals surface area (Å²) in [6.45, 7) is 6.33. The van der Waals surface area contributed by atoms with Crippen molar-refractivity contribution in [1.29, 1.82) is 0 Å². The van der Waals surface area contributed by atoms with Crippen LogP contribution in [0.25, 0.3) is 11.4 Å². The van der Waals surface area contributed by atoms with Gasteiger partial charge in [0.05, 0.1) is 11.4 Å². The molecule has 0 aliphatic carbocycles. The molecule has 0 saturated carbocycles. The van der Waals surface area contributed by atoms with Crippen LogP contribution >= 0.6 is 0 Å². The molecule has 5 N–H and O–H groups in total. The number of hydrogen-bond acceptors (Lipinski definition) is 6. The molecule has 0 atom stereocenters. The molecule has 0 radical (unpaired) electrons. The monoisotopic (exact) mass is 305 g/mol. The standard InChI is InChI=1S/C11H14N6.C3H8.CH5N/c12-11-14-9(8-3-4-13-16-8)7-10(15-11)17-5-1-2-6-17;1-3-2;1-2/h3-4,7H,1-2,5-6H2,(H,13,16)(H2,12,14,15);3H2,1-2H3;2H2,1H3. The largest absolute Gasteiger partial charge is 0.368 e. The number of nitrogens with two attached hydrogens (primary N) is 2. The number of aromatic amines is 1. The van der Waals surface area contributed by atoms with Gasteiger partial charge in [-0.05, 0) is 26.0 Å². The molecular formula is C15H27N7. The Balaban J connectivity index is 0.000000435. The molecular weight excluding hydrogens is 278 g/mol. The maximum absolute atomic E-state index is 5.75. The van der Waals surface area contributed by atoms with E-state index < -0.39 is 0 Å². The smallest absolute Gasteiger partial charge is 0.222 e. The highest BCUT2D eigenvalue weighted by molar-refractivity contribution is 5.60. The molecule has 122 valence electrons. The molecule has 2 aromatic rings. The fourth-order valence-electron chi connectivity index (χ4n) is 2.10. The van der Waals surface area contributed by atoms with Crippen LogP contribution < -0.4 is 16.4 Å². The summed E-state index contributed by atoms with van der Waals surface area (Å²) in [4.78, 5) is 10.7. The number of aromatic nitrogens is 4. The fraction of sp³-hybridized carbons (Fsp3) is 0.533. The van der Waals surface area contributed by atoms with E-state index in [2.05, 4.69) is 44.6 Å². The van der Waals surface area contributed by atoms with E-state index in [0.29, 0.717) is 5.95 Å². The normalized spacial score (nSPS) is 13.0. The Morgan fingerprint density at radius 3 is 2.36 bits per heavy atom. The van der Waals surface area contributed by atoms with E-state index in [1.165, 1.54) is 26.3 Å². The van der Waals surface area contributed by atoms with Crippen LogP contribution in [-0.2, 0) is 0 Å². The molecule has 1 fully saturated rings. The van der Waals surface area contributed by atoms with Crippen LogP contribution in [0.5, 0.6) is 0 Å². The van der Waals surface area contributed by atoms with Crippen LogP contribution in [0.4, 0.5) is 11.8 Å². The number of hydrogen-bond donors (Lipinski definition) is 3. The number of nitrogens with zero attached hydrogens (tertiary/aromatic N) is 4. The predicted molar refractivity (Wildman–Crippen MR) is 91.5 cm³/mol. The zero-order valence-corrected chi connectivity index (χ0v) is 13.7. The second-order valence-electron chi connectivity index (χ2n) is 4.84. The van der Waals surface area contributed by atoms with Gasteiger partial charge in [-0.25, -0.2) is 4.98 Å². The Hall–Kier alpha value is -2.15. The van der Waals surface area contributed by atoms with Gasteiger partial charge in [-0.15, -0.1) is 0 Å². The summed E-state index contributed by atoms with van der Waals surface area (Å²) in [7, 11) is 1.50. The number of H-pyrrole nitrogens is 1. The molecule has 0 amide bonds. The minimum Gasteiger partial charge on any atom is -0.368 e. The van der Waals surface area contributed by atoms with Gasteiger partial charge in [-0.2, -0.15) is 10.1 Å². The zero-order valence-electron chi connectivity index (χ0n) is 13.7. The van der Waals surface area contributed by atoms with E-state index in [1.807, 2.05) is 12.1 Å². The summed E-state index contributed by atoms with van der Waals surface area (Å²) in [5.41, 5.74) is 11.9. The van der Waals surface area contributed by atoms with Crippen molar-refractivity contribution in [2.24, 2.45) is 5.73 Å². The van der Waals surface area contributed by atoms with Crippen molar-refractivity contribution in [3.8, 4) is 11.4 Å². The molecule has 7 nitrogen and oxygen atoms in total. The van der Waals surface area contributed by atoms with Crippen LogP contribution in [0.2, 0.25) is 0 Å². The van der Waals surface area contributed by atoms with E-state index in [-0.39, 0.29) is 0 Å². The SMILES string of the molecule is CCC.CN.Nc1nc(-c2ccn[nH]2)cc(N2CCCC2)n1. The quantitative estimate of drug-likeness (QED) is 0.783. The summed E-state index contributed by atoms with van der Waals surface area (Å²) in [6, 6.07) is 3.82. The van der Waals surface area contributed by atoms with E-state index in [1.54, 1.807) is 6.20 Å². The summed E-state index contributed by atoms with van der Waals surface area (Å²) >= 11 is 0. The first-order valence-corrected chi connectivity index (χ1v) is 7.71. The number of nitrogens with one attached hydrogen (secondary N) is 1. The van der Waals surface area contributed by atoms with Gasteiger partial charge in [0.1, 0.15) is 5.82 Å². The third kappa shape index (κ3) is 5.00. The first-order valence-electron chi connectivity index (χ1n) is 7.71. The average molecular weight is 305 g/mol. The molecule has 3 heterocycles. The van der Waals surface area contributed by atoms with E-state index in [4.69, 9.17) is 5.73 Å². The number of nitrogen functional groups attached to an aromatic ring is 1. The third-order valence-corrected chi connectivity index (χ3v) is 2.94. The van der Waals surface area contributed by atoms with Gasteiger partial charge in [-0.3, -0.25) is 5.10 Å². The van der Waals surface area contributed by atoms with Crippen LogP contribution in [-0.4, -0.2) is 40.3 Å². The van der Waals surface area contributed by atoms with Crippen LogP contribution in [0.3, 0.4) is 0 Å². The summed E-state index contributed by atoms with van der Waals surface area (Å²) in [5, 5.41) is 6.80. The second kappa shape index (κ2) is 9.73. The van der Waals surface area contributed by atoms with Gasteiger partial charge in [-0.1, -0.05) is 20.3 Å². The van der Waals surface area contributed by atoms with Crippen molar-refractivity contribution < 1.29 is 0 Å². The Morgan fingerprint density at radius 2 is 1.82 bits per heavy atom. The summed E-state index contributed by atoms with van der Waals surface area (Å²) in [5.74, 6) is 1.21. The molecule has 22 heavy (non-hydrogen) atoms. The molecule has 1 aliphatic heterocycles. The Bertz CT molecular complexity index is 519. The van der Waals surface area contributed by atoms with Crippen LogP contribution in [0.1, 0.15) is 33.1 Å². The Labute approximate surface area is 132 Å². The highest BCUT2D eigenvalue weighted by Crippen LogP contribution is 2.23. The molecule has 2 aromatic heterocycles. The van der Waals surface area contributed by atoms with Gasteiger partial charge >= 0.3 is 0 Å². The molecule has 1 saturated heterocycles. The summed E-state index contributed by atoms with van der Waals surface area (Å²) < 4.78 is 0. The fourth-order valence-corrected chi connectivity index (χ4v) is 2.10. The van der Waals surface area contributed by atoms with Crippen molar-refractivity contribution >= 4 is 11.8 Å². The van der Waals surface area contributed by atoms with E-state index in [0.717, 1.165) is 30.3 Å². The van der Waals surface area contributed by atoms with Gasteiger partial charge in [0.25, 0.3) is 0 Å². The lowest BCUT2D eigenvalue weighted by atomic mass is 10.3. The molecule has 0 unspecified atom stereocenters. The Morgan fingerprint density at radius 1 is 1.18 bits per heavy atom. The summed E-state index contributed by atoms with van der Waals surface area (Å²) in [6.07, 6.45) is 5.37. The molecule has 1 aliphatic rings. The average Bonchev–Trinajstić information content (AvgIpc) is 3.23. The van der Waals surface area contributed by atoms with Gasteiger partial charge in [0.2, 0.25) is 5.95 Å². The lowest BCUT2D eigenvalue weighted by Gasteiger charge is -2.16. The van der Waals surface area contributed by atoms with Crippen molar-refractivity contribution in [2.75, 3.05) is 30.8 Å². The maximum atomic E-state index is 5.75. The first-order chi connectivity index (χ1) is 10.7. The minimum atomic E-state index is 0.305. The highest BCUT2D eigenvalue weighted by atomic mass is 15.2. The molecule has 0 bridgehead atoms. The lowest BCUT2D eigenvalue weighted by Crippen LogP contribution is -2.19.